The van der Waals surface area contributed by atoms with E-state index in [4.69, 9.17) is 0 Å². The van der Waals surface area contributed by atoms with Crippen LogP contribution in [0, 0.1) is 0 Å². The molecule has 2 N–H and O–H groups in total. The first-order valence-corrected chi connectivity index (χ1v) is 8.23. The van der Waals surface area contributed by atoms with Crippen molar-refractivity contribution in [2.45, 2.75) is 33.2 Å². The Bertz CT molecular complexity index is 449. The van der Waals surface area contributed by atoms with Crippen LogP contribution in [-0.2, 0) is 0 Å². The summed E-state index contributed by atoms with van der Waals surface area (Å²) in [4.78, 5) is 4.73. The number of anilines is 1. The van der Waals surface area contributed by atoms with Crippen molar-refractivity contribution >= 4 is 30.5 Å². The number of nitrogens with one attached hydrogen (secondary N) is 1. The molecule has 4 nitrogen and oxygen atoms in total. The quantitative estimate of drug-likeness (QED) is 0.811. The van der Waals surface area contributed by atoms with Crippen molar-refractivity contribution in [3.8, 4) is 5.75 Å². The molecular formula is C17H31Cl2N3O. The molecule has 0 amide bonds. The van der Waals surface area contributed by atoms with E-state index >= 15 is 0 Å². The molecule has 2 rings (SSSR count). The van der Waals surface area contributed by atoms with Gasteiger partial charge in [-0.25, -0.2) is 0 Å². The van der Waals surface area contributed by atoms with Crippen molar-refractivity contribution in [2.24, 2.45) is 0 Å². The van der Waals surface area contributed by atoms with Gasteiger partial charge in [0.15, 0.2) is 0 Å². The normalized spacial score (nSPS) is 16.1. The first-order chi connectivity index (χ1) is 10.2. The van der Waals surface area contributed by atoms with Gasteiger partial charge in [0.1, 0.15) is 5.75 Å². The fraction of sp³-hybridized carbons (Fsp3) is 0.647. The fourth-order valence-corrected chi connectivity index (χ4v) is 3.27. The summed E-state index contributed by atoms with van der Waals surface area (Å²) in [6.45, 7) is 12.6. The van der Waals surface area contributed by atoms with Gasteiger partial charge < -0.3 is 15.3 Å². The first kappa shape index (κ1) is 22.3. The Balaban J connectivity index is 0.00000242. The van der Waals surface area contributed by atoms with Gasteiger partial charge in [0.2, 0.25) is 0 Å². The number of benzene rings is 1. The number of phenols is 1. The Morgan fingerprint density at radius 1 is 1.13 bits per heavy atom. The number of piperazine rings is 1. The van der Waals surface area contributed by atoms with E-state index < -0.39 is 0 Å². The number of halogens is 2. The van der Waals surface area contributed by atoms with E-state index in [0.29, 0.717) is 11.8 Å². The molecule has 0 radical (unpaired) electrons. The summed E-state index contributed by atoms with van der Waals surface area (Å²) in [5, 5.41) is 13.9. The molecule has 0 unspecified atom stereocenters. The second-order valence-electron chi connectivity index (χ2n) is 5.63. The molecule has 1 aliphatic rings. The van der Waals surface area contributed by atoms with E-state index in [1.807, 2.05) is 6.07 Å². The molecule has 0 aromatic heterocycles. The molecule has 1 atom stereocenters. The second kappa shape index (κ2) is 11.0. The number of rotatable bonds is 6. The minimum atomic E-state index is 0. The molecule has 1 heterocycles. The van der Waals surface area contributed by atoms with Crippen LogP contribution < -0.4 is 10.2 Å². The average molecular weight is 364 g/mol. The van der Waals surface area contributed by atoms with Crippen LogP contribution in [0.4, 0.5) is 5.69 Å². The van der Waals surface area contributed by atoms with Gasteiger partial charge >= 0.3 is 0 Å². The van der Waals surface area contributed by atoms with Gasteiger partial charge in [0, 0.05) is 62.6 Å². The van der Waals surface area contributed by atoms with E-state index in [2.05, 4.69) is 48.0 Å². The zero-order chi connectivity index (χ0) is 15.2. The minimum Gasteiger partial charge on any atom is -0.508 e. The molecule has 1 aromatic rings. The lowest BCUT2D eigenvalue weighted by atomic mass is 10.00. The molecule has 23 heavy (non-hydrogen) atoms. The van der Waals surface area contributed by atoms with Gasteiger partial charge in [-0.3, -0.25) is 4.90 Å². The van der Waals surface area contributed by atoms with Crippen LogP contribution in [0.3, 0.4) is 0 Å². The van der Waals surface area contributed by atoms with E-state index in [9.17, 15) is 5.11 Å². The zero-order valence-electron chi connectivity index (χ0n) is 14.4. The predicted molar refractivity (Wildman–Crippen MR) is 104 cm³/mol. The molecule has 0 bridgehead atoms. The molecule has 0 saturated carbocycles. The Morgan fingerprint density at radius 2 is 1.74 bits per heavy atom. The third-order valence-electron chi connectivity index (χ3n) is 4.48. The van der Waals surface area contributed by atoms with Crippen LogP contribution in [0.1, 0.15) is 38.8 Å². The predicted octanol–water partition coefficient (Wildman–Crippen LogP) is 3.44. The maximum absolute atomic E-state index is 10.5. The molecular weight excluding hydrogens is 333 g/mol. The lowest BCUT2D eigenvalue weighted by Crippen LogP contribution is -2.45. The number of nitrogens with zero attached hydrogens (tertiary/aromatic N) is 2. The van der Waals surface area contributed by atoms with Crippen LogP contribution >= 0.6 is 24.8 Å². The molecule has 1 aromatic carbocycles. The van der Waals surface area contributed by atoms with Crippen molar-refractivity contribution < 1.29 is 5.11 Å². The first-order valence-electron chi connectivity index (χ1n) is 8.23. The van der Waals surface area contributed by atoms with Crippen LogP contribution in [0.2, 0.25) is 0 Å². The average Bonchev–Trinajstić information content (AvgIpc) is 2.52. The highest BCUT2D eigenvalue weighted by molar-refractivity contribution is 5.85. The van der Waals surface area contributed by atoms with E-state index in [0.717, 1.165) is 56.9 Å². The molecule has 134 valence electrons. The number of hydrogen-bond acceptors (Lipinski definition) is 4. The van der Waals surface area contributed by atoms with Crippen LogP contribution in [-0.4, -0.2) is 49.3 Å². The third-order valence-corrected chi connectivity index (χ3v) is 4.48. The number of phenolic OH excluding ortho intramolecular Hbond substituents is 1. The summed E-state index contributed by atoms with van der Waals surface area (Å²) < 4.78 is 0. The van der Waals surface area contributed by atoms with Crippen molar-refractivity contribution in [3.63, 3.8) is 0 Å². The van der Waals surface area contributed by atoms with Gasteiger partial charge in [-0.15, -0.1) is 24.8 Å². The second-order valence-corrected chi connectivity index (χ2v) is 5.63. The zero-order valence-corrected chi connectivity index (χ0v) is 16.1. The van der Waals surface area contributed by atoms with Crippen LogP contribution in [0.15, 0.2) is 18.2 Å². The Kier molecular flexibility index (Phi) is 10.7. The Morgan fingerprint density at radius 3 is 2.22 bits per heavy atom. The fourth-order valence-electron chi connectivity index (χ4n) is 3.27. The largest absolute Gasteiger partial charge is 0.508 e. The van der Waals surface area contributed by atoms with Crippen LogP contribution in [0.25, 0.3) is 0 Å². The topological polar surface area (TPSA) is 38.7 Å². The van der Waals surface area contributed by atoms with Crippen molar-refractivity contribution in [3.05, 3.63) is 23.8 Å². The highest BCUT2D eigenvalue weighted by atomic mass is 35.5. The van der Waals surface area contributed by atoms with E-state index in [1.54, 1.807) is 0 Å². The standard InChI is InChI=1S/C17H29N3O.2ClH/c1-4-16(20-11-9-18-10-12-20)15-8-7-14(13-17(15)21)19(5-2)6-3;;/h7-8,13,16,18,21H,4-6,9-12H2,1-3H3;2*1H/t16-;;/m0../s1. The number of hydrogen-bond donors (Lipinski definition) is 2. The molecule has 0 spiro atoms. The molecule has 0 aliphatic carbocycles. The monoisotopic (exact) mass is 363 g/mol. The minimum absolute atomic E-state index is 0. The van der Waals surface area contributed by atoms with Gasteiger partial charge in [0.05, 0.1) is 0 Å². The molecule has 1 aliphatic heterocycles. The smallest absolute Gasteiger partial charge is 0.122 e. The highest BCUT2D eigenvalue weighted by Crippen LogP contribution is 2.34. The van der Waals surface area contributed by atoms with Crippen molar-refractivity contribution in [1.82, 2.24) is 10.2 Å². The van der Waals surface area contributed by atoms with Gasteiger partial charge in [-0.05, 0) is 26.3 Å². The van der Waals surface area contributed by atoms with Gasteiger partial charge in [-0.2, -0.15) is 0 Å². The van der Waals surface area contributed by atoms with Crippen molar-refractivity contribution in [2.75, 3.05) is 44.2 Å². The molecule has 1 saturated heterocycles. The summed E-state index contributed by atoms with van der Waals surface area (Å²) >= 11 is 0. The summed E-state index contributed by atoms with van der Waals surface area (Å²) in [5.74, 6) is 0.435. The number of aromatic hydroxyl groups is 1. The lowest BCUT2D eigenvalue weighted by Gasteiger charge is -2.35. The highest BCUT2D eigenvalue weighted by Gasteiger charge is 2.23. The summed E-state index contributed by atoms with van der Waals surface area (Å²) in [5.41, 5.74) is 2.17. The SMILES string of the molecule is CC[C@@H](c1ccc(N(CC)CC)cc1O)N1CCNCC1.Cl.Cl. The maximum Gasteiger partial charge on any atom is 0.122 e. The summed E-state index contributed by atoms with van der Waals surface area (Å²) in [7, 11) is 0. The Labute approximate surface area is 153 Å². The summed E-state index contributed by atoms with van der Waals surface area (Å²) in [6, 6.07) is 6.50. The van der Waals surface area contributed by atoms with E-state index in [-0.39, 0.29) is 24.8 Å². The van der Waals surface area contributed by atoms with Crippen LogP contribution in [0.5, 0.6) is 5.75 Å². The maximum atomic E-state index is 10.5. The third kappa shape index (κ3) is 5.42. The molecule has 6 heteroatoms. The van der Waals surface area contributed by atoms with Gasteiger partial charge in [0.25, 0.3) is 0 Å². The van der Waals surface area contributed by atoms with Gasteiger partial charge in [-0.1, -0.05) is 13.0 Å². The summed E-state index contributed by atoms with van der Waals surface area (Å²) in [6.07, 6.45) is 1.03. The Hall–Kier alpha value is -0.680. The lowest BCUT2D eigenvalue weighted by molar-refractivity contribution is 0.167. The molecule has 1 fully saturated rings. The van der Waals surface area contributed by atoms with Crippen molar-refractivity contribution in [1.29, 1.82) is 0 Å². The van der Waals surface area contributed by atoms with E-state index in [1.165, 1.54) is 0 Å².